The van der Waals surface area contributed by atoms with Crippen LogP contribution in [0.1, 0.15) is 44.7 Å². The fourth-order valence-corrected chi connectivity index (χ4v) is 2.31. The van der Waals surface area contributed by atoms with Crippen LogP contribution in [0, 0.1) is 23.3 Å². The van der Waals surface area contributed by atoms with Gasteiger partial charge >= 0.3 is 0 Å². The van der Waals surface area contributed by atoms with Gasteiger partial charge in [0.1, 0.15) is 11.5 Å². The predicted molar refractivity (Wildman–Crippen MR) is 90.9 cm³/mol. The lowest BCUT2D eigenvalue weighted by Crippen LogP contribution is -2.19. The number of hydrogen-bond acceptors (Lipinski definition) is 5. The minimum Gasteiger partial charge on any atom is -0.352 e. The zero-order chi connectivity index (χ0) is 18.8. The SMILES string of the molecule is CC[C@@H](C)Nc1nc(NNc2c(F)c(F)cc(F)c2F)cc(C2CC2)n1. The van der Waals surface area contributed by atoms with Crippen molar-refractivity contribution in [3.63, 3.8) is 0 Å². The molecule has 0 aliphatic heterocycles. The fraction of sp³-hybridized carbons (Fsp3) is 0.412. The molecular weight excluding hydrogens is 350 g/mol. The molecule has 5 nitrogen and oxygen atoms in total. The van der Waals surface area contributed by atoms with Gasteiger partial charge in [-0.1, -0.05) is 6.92 Å². The number of nitrogens with zero attached hydrogens (tertiary/aromatic N) is 2. The van der Waals surface area contributed by atoms with Crippen molar-refractivity contribution < 1.29 is 17.6 Å². The summed E-state index contributed by atoms with van der Waals surface area (Å²) in [5.41, 5.74) is 4.50. The van der Waals surface area contributed by atoms with Crippen LogP contribution in [0.3, 0.4) is 0 Å². The molecule has 1 aliphatic rings. The molecule has 1 aromatic carbocycles. The molecule has 1 saturated carbocycles. The van der Waals surface area contributed by atoms with Gasteiger partial charge in [-0.15, -0.1) is 0 Å². The maximum Gasteiger partial charge on any atom is 0.225 e. The van der Waals surface area contributed by atoms with Crippen molar-refractivity contribution in [2.75, 3.05) is 16.2 Å². The molecule has 140 valence electrons. The van der Waals surface area contributed by atoms with Gasteiger partial charge in [0.15, 0.2) is 23.3 Å². The monoisotopic (exact) mass is 369 g/mol. The zero-order valence-electron chi connectivity index (χ0n) is 14.3. The maximum atomic E-state index is 13.7. The summed E-state index contributed by atoms with van der Waals surface area (Å²) in [6.07, 6.45) is 2.87. The topological polar surface area (TPSA) is 61.9 Å². The van der Waals surface area contributed by atoms with Crippen molar-refractivity contribution in [2.24, 2.45) is 0 Å². The van der Waals surface area contributed by atoms with Gasteiger partial charge in [0.25, 0.3) is 0 Å². The Morgan fingerprint density at radius 2 is 1.69 bits per heavy atom. The van der Waals surface area contributed by atoms with Gasteiger partial charge in [-0.05, 0) is 26.2 Å². The molecule has 0 spiro atoms. The minimum absolute atomic E-state index is 0.137. The van der Waals surface area contributed by atoms with Crippen LogP contribution in [0.4, 0.5) is 35.0 Å². The van der Waals surface area contributed by atoms with Crippen LogP contribution in [0.25, 0.3) is 0 Å². The predicted octanol–water partition coefficient (Wildman–Crippen LogP) is 4.56. The molecule has 1 aromatic heterocycles. The highest BCUT2D eigenvalue weighted by Gasteiger charge is 2.26. The number of halogens is 4. The molecule has 1 heterocycles. The first kappa shape index (κ1) is 18.2. The summed E-state index contributed by atoms with van der Waals surface area (Å²) in [7, 11) is 0. The van der Waals surface area contributed by atoms with Crippen LogP contribution < -0.4 is 16.2 Å². The second kappa shape index (κ2) is 7.35. The number of hydrazine groups is 1. The minimum atomic E-state index is -1.52. The standard InChI is InChI=1S/C17H19F4N5/c1-3-8(2)22-17-23-12(9-4-5-9)7-13(24-17)25-26-16-14(20)10(18)6-11(19)15(16)21/h6-9,26H,3-5H2,1-2H3,(H2,22,23,24,25)/t8-/m1/s1. The van der Waals surface area contributed by atoms with Gasteiger partial charge in [-0.3, -0.25) is 10.9 Å². The van der Waals surface area contributed by atoms with E-state index in [2.05, 4.69) is 26.1 Å². The number of rotatable bonds is 7. The lowest BCUT2D eigenvalue weighted by Gasteiger charge is -2.15. The second-order valence-electron chi connectivity index (χ2n) is 6.32. The van der Waals surface area contributed by atoms with Crippen molar-refractivity contribution in [2.45, 2.75) is 45.1 Å². The van der Waals surface area contributed by atoms with E-state index >= 15 is 0 Å². The summed E-state index contributed by atoms with van der Waals surface area (Å²) in [6.45, 7) is 3.98. The second-order valence-corrected chi connectivity index (χ2v) is 6.32. The van der Waals surface area contributed by atoms with Gasteiger partial charge in [0, 0.05) is 24.1 Å². The van der Waals surface area contributed by atoms with E-state index < -0.39 is 29.0 Å². The number of aromatic nitrogens is 2. The number of hydrogen-bond donors (Lipinski definition) is 3. The average Bonchev–Trinajstić information content (AvgIpc) is 3.45. The highest BCUT2D eigenvalue weighted by atomic mass is 19.2. The van der Waals surface area contributed by atoms with E-state index in [1.165, 1.54) is 0 Å². The molecule has 0 amide bonds. The Balaban J connectivity index is 1.83. The first-order valence-corrected chi connectivity index (χ1v) is 8.39. The summed E-state index contributed by atoms with van der Waals surface area (Å²) >= 11 is 0. The van der Waals surface area contributed by atoms with Crippen LogP contribution in [-0.4, -0.2) is 16.0 Å². The average molecular weight is 369 g/mol. The first-order chi connectivity index (χ1) is 12.4. The normalized spacial score (nSPS) is 14.8. The molecule has 1 aliphatic carbocycles. The smallest absolute Gasteiger partial charge is 0.225 e. The number of nitrogens with one attached hydrogen (secondary N) is 3. The highest BCUT2D eigenvalue weighted by molar-refractivity contribution is 5.53. The lowest BCUT2D eigenvalue weighted by molar-refractivity contribution is 0.459. The summed E-state index contributed by atoms with van der Waals surface area (Å²) < 4.78 is 54.0. The molecule has 0 unspecified atom stereocenters. The molecular formula is C17H19F4N5. The Hall–Kier alpha value is -2.58. The summed E-state index contributed by atoms with van der Waals surface area (Å²) in [4.78, 5) is 8.67. The maximum absolute atomic E-state index is 13.7. The molecule has 9 heteroatoms. The fourth-order valence-electron chi connectivity index (χ4n) is 2.31. The van der Waals surface area contributed by atoms with E-state index in [1.54, 1.807) is 6.07 Å². The Kier molecular flexibility index (Phi) is 5.15. The highest BCUT2D eigenvalue weighted by Crippen LogP contribution is 2.40. The molecule has 1 atom stereocenters. The Morgan fingerprint density at radius 1 is 1.04 bits per heavy atom. The van der Waals surface area contributed by atoms with Crippen LogP contribution in [0.15, 0.2) is 12.1 Å². The zero-order valence-corrected chi connectivity index (χ0v) is 14.3. The molecule has 0 bridgehead atoms. The Labute approximate surface area is 148 Å². The van der Waals surface area contributed by atoms with Crippen LogP contribution in [-0.2, 0) is 0 Å². The molecule has 3 N–H and O–H groups in total. The van der Waals surface area contributed by atoms with Crippen molar-refractivity contribution in [3.05, 3.63) is 41.1 Å². The van der Waals surface area contributed by atoms with E-state index in [-0.39, 0.29) is 17.9 Å². The van der Waals surface area contributed by atoms with Crippen molar-refractivity contribution in [3.8, 4) is 0 Å². The van der Waals surface area contributed by atoms with Crippen LogP contribution in [0.5, 0.6) is 0 Å². The quantitative estimate of drug-likeness (QED) is 0.379. The number of benzene rings is 1. The molecule has 3 rings (SSSR count). The van der Waals surface area contributed by atoms with Crippen molar-refractivity contribution >= 4 is 17.5 Å². The third kappa shape index (κ3) is 3.97. The molecule has 26 heavy (non-hydrogen) atoms. The first-order valence-electron chi connectivity index (χ1n) is 8.39. The van der Waals surface area contributed by atoms with E-state index in [9.17, 15) is 17.6 Å². The molecule has 0 saturated heterocycles. The lowest BCUT2D eigenvalue weighted by atomic mass is 10.2. The third-order valence-corrected chi connectivity index (χ3v) is 4.16. The Bertz CT molecular complexity index is 784. The van der Waals surface area contributed by atoms with Crippen LogP contribution in [0.2, 0.25) is 0 Å². The van der Waals surface area contributed by atoms with E-state index in [0.717, 1.165) is 25.0 Å². The molecule has 2 aromatic rings. The van der Waals surface area contributed by atoms with Gasteiger partial charge in [-0.25, -0.2) is 22.5 Å². The van der Waals surface area contributed by atoms with Gasteiger partial charge in [0.05, 0.1) is 5.69 Å². The molecule has 0 radical (unpaired) electrons. The van der Waals surface area contributed by atoms with E-state index in [1.807, 2.05) is 13.8 Å². The van der Waals surface area contributed by atoms with E-state index in [0.29, 0.717) is 11.9 Å². The van der Waals surface area contributed by atoms with Gasteiger partial charge in [-0.2, -0.15) is 4.98 Å². The summed E-state index contributed by atoms with van der Waals surface area (Å²) in [5.74, 6) is -5.11. The van der Waals surface area contributed by atoms with E-state index in [4.69, 9.17) is 0 Å². The van der Waals surface area contributed by atoms with Gasteiger partial charge < -0.3 is 5.32 Å². The summed E-state index contributed by atoms with van der Waals surface area (Å²) in [5, 5.41) is 3.14. The third-order valence-electron chi connectivity index (χ3n) is 4.16. The van der Waals surface area contributed by atoms with Crippen molar-refractivity contribution in [1.29, 1.82) is 0 Å². The summed E-state index contributed by atoms with van der Waals surface area (Å²) in [6, 6.07) is 1.93. The largest absolute Gasteiger partial charge is 0.352 e. The number of anilines is 3. The van der Waals surface area contributed by atoms with Gasteiger partial charge in [0.2, 0.25) is 5.95 Å². The van der Waals surface area contributed by atoms with Crippen molar-refractivity contribution in [1.82, 2.24) is 9.97 Å². The molecule has 1 fully saturated rings. The Morgan fingerprint density at radius 3 is 2.27 bits per heavy atom. The van der Waals surface area contributed by atoms with Crippen LogP contribution >= 0.6 is 0 Å².